The van der Waals surface area contributed by atoms with E-state index in [2.05, 4.69) is 22.8 Å². The fourth-order valence-corrected chi connectivity index (χ4v) is 3.39. The minimum absolute atomic E-state index is 0.119. The normalized spacial score (nSPS) is 11.6. The van der Waals surface area contributed by atoms with Gasteiger partial charge in [0.15, 0.2) is 5.65 Å². The van der Waals surface area contributed by atoms with Gasteiger partial charge < -0.3 is 0 Å². The molecule has 0 unspecified atom stereocenters. The quantitative estimate of drug-likeness (QED) is 0.393. The number of unbranched alkanes of at least 4 members (excludes halogenated alkanes) is 3. The molecule has 0 aliphatic heterocycles. The molecule has 0 radical (unpaired) electrons. The molecule has 0 spiro atoms. The lowest BCUT2D eigenvalue weighted by molar-refractivity contribution is -0.136. The van der Waals surface area contributed by atoms with Crippen LogP contribution >= 0.6 is 0 Å². The van der Waals surface area contributed by atoms with Crippen LogP contribution in [0.5, 0.6) is 0 Å². The molecule has 0 fully saturated rings. The number of aromatic nitrogens is 3. The Labute approximate surface area is 172 Å². The van der Waals surface area contributed by atoms with Gasteiger partial charge in [-0.05, 0) is 12.5 Å². The maximum absolute atomic E-state index is 13.9. The first kappa shape index (κ1) is 21.6. The molecule has 3 aromatic rings. The van der Waals surface area contributed by atoms with Crippen molar-refractivity contribution in [3.8, 4) is 23.6 Å². The second-order valence-corrected chi connectivity index (χ2v) is 7.05. The van der Waals surface area contributed by atoms with Crippen LogP contribution in [-0.4, -0.2) is 14.5 Å². The summed E-state index contributed by atoms with van der Waals surface area (Å²) >= 11 is 0. The lowest BCUT2D eigenvalue weighted by Crippen LogP contribution is -2.28. The standard InChI is InChI=1S/C23H22F3N3O/c1-3-5-6-10-13-19-28-21-20(22(30)29(19)14-4-2)17(23(24,25)26)15-18(27-21)16-11-8-7-9-12-16/h2,7-9,11-12,15H,3,5-6,10,13-14H2,1H3. The average Bonchev–Trinajstić information content (AvgIpc) is 2.73. The van der Waals surface area contributed by atoms with Gasteiger partial charge in [-0.3, -0.25) is 9.36 Å². The molecule has 0 bridgehead atoms. The van der Waals surface area contributed by atoms with Gasteiger partial charge in [0, 0.05) is 12.0 Å². The van der Waals surface area contributed by atoms with Gasteiger partial charge in [-0.1, -0.05) is 62.4 Å². The zero-order valence-electron chi connectivity index (χ0n) is 16.7. The van der Waals surface area contributed by atoms with Gasteiger partial charge in [-0.15, -0.1) is 6.42 Å². The van der Waals surface area contributed by atoms with Crippen LogP contribution in [0.4, 0.5) is 13.2 Å². The van der Waals surface area contributed by atoms with E-state index >= 15 is 0 Å². The highest BCUT2D eigenvalue weighted by molar-refractivity contribution is 5.82. The zero-order chi connectivity index (χ0) is 21.7. The molecule has 0 amide bonds. The van der Waals surface area contributed by atoms with Crippen molar-refractivity contribution >= 4 is 11.0 Å². The molecule has 0 aliphatic carbocycles. The maximum atomic E-state index is 13.9. The summed E-state index contributed by atoms with van der Waals surface area (Å²) < 4.78 is 42.7. The minimum Gasteiger partial charge on any atom is -0.284 e. The number of rotatable bonds is 7. The Balaban J connectivity index is 2.26. The van der Waals surface area contributed by atoms with Crippen LogP contribution in [0.3, 0.4) is 0 Å². The number of halogens is 3. The topological polar surface area (TPSA) is 47.8 Å². The molecule has 0 saturated carbocycles. The van der Waals surface area contributed by atoms with Crippen molar-refractivity contribution in [2.75, 3.05) is 0 Å². The number of hydrogen-bond donors (Lipinski definition) is 0. The first-order chi connectivity index (χ1) is 14.4. The minimum atomic E-state index is -4.73. The van der Waals surface area contributed by atoms with Gasteiger partial charge in [0.05, 0.1) is 23.2 Å². The van der Waals surface area contributed by atoms with Crippen LogP contribution in [0.25, 0.3) is 22.3 Å². The van der Waals surface area contributed by atoms with E-state index in [1.54, 1.807) is 30.3 Å². The molecule has 4 nitrogen and oxygen atoms in total. The van der Waals surface area contributed by atoms with E-state index in [1.165, 1.54) is 0 Å². The van der Waals surface area contributed by atoms with E-state index in [0.717, 1.165) is 36.3 Å². The fraction of sp³-hybridized carbons (Fsp3) is 0.348. The van der Waals surface area contributed by atoms with Gasteiger partial charge >= 0.3 is 6.18 Å². The van der Waals surface area contributed by atoms with Crippen LogP contribution < -0.4 is 5.56 Å². The summed E-state index contributed by atoms with van der Waals surface area (Å²) in [7, 11) is 0. The molecule has 0 aliphatic rings. The van der Waals surface area contributed by atoms with Crippen LogP contribution in [0, 0.1) is 12.3 Å². The molecule has 0 saturated heterocycles. The Kier molecular flexibility index (Phi) is 6.56. The molecule has 1 aromatic carbocycles. The largest absolute Gasteiger partial charge is 0.417 e. The van der Waals surface area contributed by atoms with E-state index in [0.29, 0.717) is 17.8 Å². The fourth-order valence-electron chi connectivity index (χ4n) is 3.39. The van der Waals surface area contributed by atoms with Crippen LogP contribution in [0.15, 0.2) is 41.2 Å². The van der Waals surface area contributed by atoms with Gasteiger partial charge in [-0.25, -0.2) is 9.97 Å². The Morgan fingerprint density at radius 2 is 1.83 bits per heavy atom. The Bertz CT molecular complexity index is 1130. The summed E-state index contributed by atoms with van der Waals surface area (Å²) in [5.41, 5.74) is -1.42. The highest BCUT2D eigenvalue weighted by Gasteiger charge is 2.35. The number of nitrogens with zero attached hydrogens (tertiary/aromatic N) is 3. The van der Waals surface area contributed by atoms with Crippen molar-refractivity contribution in [1.82, 2.24) is 14.5 Å². The molecule has 30 heavy (non-hydrogen) atoms. The van der Waals surface area contributed by atoms with E-state index in [9.17, 15) is 18.0 Å². The number of alkyl halides is 3. The van der Waals surface area contributed by atoms with Crippen molar-refractivity contribution < 1.29 is 13.2 Å². The van der Waals surface area contributed by atoms with E-state index < -0.39 is 22.7 Å². The third-order valence-electron chi connectivity index (χ3n) is 4.88. The van der Waals surface area contributed by atoms with Gasteiger partial charge in [0.25, 0.3) is 5.56 Å². The number of pyridine rings is 1. The highest BCUT2D eigenvalue weighted by Crippen LogP contribution is 2.35. The second kappa shape index (κ2) is 9.12. The Hall–Kier alpha value is -3.14. The summed E-state index contributed by atoms with van der Waals surface area (Å²) in [6, 6.07) is 9.43. The second-order valence-electron chi connectivity index (χ2n) is 7.05. The smallest absolute Gasteiger partial charge is 0.284 e. The van der Waals surface area contributed by atoms with Crippen LogP contribution in [-0.2, 0) is 19.1 Å². The molecule has 2 aromatic heterocycles. The number of terminal acetylenes is 1. The van der Waals surface area contributed by atoms with Crippen molar-refractivity contribution in [3.63, 3.8) is 0 Å². The zero-order valence-corrected chi connectivity index (χ0v) is 16.7. The summed E-state index contributed by atoms with van der Waals surface area (Å²) in [5, 5.41) is -0.547. The SMILES string of the molecule is C#CCn1c(CCCCCC)nc2nc(-c3ccccc3)cc(C(F)(F)F)c2c1=O. The third-order valence-corrected chi connectivity index (χ3v) is 4.88. The Morgan fingerprint density at radius 3 is 2.47 bits per heavy atom. The van der Waals surface area contributed by atoms with Crippen molar-refractivity contribution in [1.29, 1.82) is 0 Å². The van der Waals surface area contributed by atoms with Crippen molar-refractivity contribution in [2.45, 2.75) is 51.7 Å². The van der Waals surface area contributed by atoms with Crippen molar-refractivity contribution in [2.24, 2.45) is 0 Å². The number of hydrogen-bond acceptors (Lipinski definition) is 3. The van der Waals surface area contributed by atoms with E-state index in [1.807, 2.05) is 0 Å². The third kappa shape index (κ3) is 4.54. The lowest BCUT2D eigenvalue weighted by Gasteiger charge is -2.15. The number of benzene rings is 1. The van der Waals surface area contributed by atoms with Crippen LogP contribution in [0.1, 0.15) is 44.0 Å². The lowest BCUT2D eigenvalue weighted by atomic mass is 10.1. The summed E-state index contributed by atoms with van der Waals surface area (Å²) in [6.45, 7) is 1.94. The maximum Gasteiger partial charge on any atom is 0.417 e. The number of fused-ring (bicyclic) bond motifs is 1. The predicted molar refractivity (Wildman–Crippen MR) is 111 cm³/mol. The average molecular weight is 413 g/mol. The molecule has 0 N–H and O–H groups in total. The van der Waals surface area contributed by atoms with E-state index in [4.69, 9.17) is 6.42 Å². The molecule has 3 rings (SSSR count). The number of aryl methyl sites for hydroxylation is 1. The monoisotopic (exact) mass is 413 g/mol. The van der Waals surface area contributed by atoms with Crippen LogP contribution in [0.2, 0.25) is 0 Å². The molecular formula is C23H22F3N3O. The first-order valence-corrected chi connectivity index (χ1v) is 9.87. The van der Waals surface area contributed by atoms with E-state index in [-0.39, 0.29) is 17.9 Å². The molecule has 2 heterocycles. The van der Waals surface area contributed by atoms with Gasteiger partial charge in [0.2, 0.25) is 0 Å². The molecule has 0 atom stereocenters. The molecule has 156 valence electrons. The first-order valence-electron chi connectivity index (χ1n) is 9.87. The van der Waals surface area contributed by atoms with Gasteiger partial charge in [-0.2, -0.15) is 13.2 Å². The molecular weight excluding hydrogens is 391 g/mol. The predicted octanol–water partition coefficient (Wildman–Crippen LogP) is 5.23. The summed E-state index contributed by atoms with van der Waals surface area (Å²) in [5.74, 6) is 2.72. The summed E-state index contributed by atoms with van der Waals surface area (Å²) in [4.78, 5) is 21.7. The highest BCUT2D eigenvalue weighted by atomic mass is 19.4. The molecule has 7 heteroatoms. The Morgan fingerprint density at radius 1 is 1.10 bits per heavy atom. The summed E-state index contributed by atoms with van der Waals surface area (Å²) in [6.07, 6.45) is 4.85. The van der Waals surface area contributed by atoms with Gasteiger partial charge in [0.1, 0.15) is 5.82 Å². The van der Waals surface area contributed by atoms with Crippen molar-refractivity contribution in [3.05, 3.63) is 58.1 Å².